The molecule has 0 atom stereocenters. The molecular weight excluding hydrogens is 739 g/mol. The molecule has 9 aromatic carbocycles. The number of rotatable bonds is 8. The quantitative estimate of drug-likeness (QED) is 0.154. The topological polar surface area (TPSA) is 38.7 Å². The molecule has 286 valence electrons. The maximum Gasteiger partial charge on any atom is 0.164 e. The van der Waals surface area contributed by atoms with Crippen LogP contribution in [0, 0.1) is 0 Å². The van der Waals surface area contributed by atoms with Gasteiger partial charge in [0.05, 0.1) is 5.41 Å². The first-order valence-electron chi connectivity index (χ1n) is 20.8. The molecule has 1 aliphatic rings. The van der Waals surface area contributed by atoms with E-state index in [2.05, 4.69) is 231 Å². The van der Waals surface area contributed by atoms with Gasteiger partial charge in [-0.2, -0.15) is 0 Å². The first kappa shape index (κ1) is 36.1. The monoisotopic (exact) mass is 777 g/mol. The van der Waals surface area contributed by atoms with Crippen molar-refractivity contribution >= 4 is 0 Å². The third-order valence-corrected chi connectivity index (χ3v) is 12.0. The molecule has 0 fully saturated rings. The first-order chi connectivity index (χ1) is 30.2. The molecule has 1 heterocycles. The van der Waals surface area contributed by atoms with Crippen LogP contribution in [0.15, 0.2) is 237 Å². The molecule has 1 aromatic heterocycles. The number of aromatic nitrogens is 3. The molecular formula is C58H39N3. The molecule has 0 aliphatic heterocycles. The highest BCUT2D eigenvalue weighted by Gasteiger charge is 2.46. The van der Waals surface area contributed by atoms with Crippen molar-refractivity contribution in [3.63, 3.8) is 0 Å². The van der Waals surface area contributed by atoms with Crippen molar-refractivity contribution in [2.75, 3.05) is 0 Å². The van der Waals surface area contributed by atoms with E-state index in [0.717, 1.165) is 50.1 Å². The largest absolute Gasteiger partial charge is 0.208 e. The summed E-state index contributed by atoms with van der Waals surface area (Å²) in [5.74, 6) is 1.85. The van der Waals surface area contributed by atoms with Gasteiger partial charge >= 0.3 is 0 Å². The zero-order valence-electron chi connectivity index (χ0n) is 33.4. The van der Waals surface area contributed by atoms with E-state index >= 15 is 0 Å². The van der Waals surface area contributed by atoms with E-state index in [0.29, 0.717) is 17.5 Å². The number of hydrogen-bond donors (Lipinski definition) is 0. The van der Waals surface area contributed by atoms with E-state index in [4.69, 9.17) is 15.0 Å². The van der Waals surface area contributed by atoms with E-state index in [1.54, 1.807) is 0 Å². The van der Waals surface area contributed by atoms with E-state index in [1.807, 2.05) is 6.07 Å². The van der Waals surface area contributed by atoms with Crippen LogP contribution in [0.5, 0.6) is 0 Å². The minimum absolute atomic E-state index is 0.551. The smallest absolute Gasteiger partial charge is 0.164 e. The van der Waals surface area contributed by atoms with Crippen molar-refractivity contribution in [2.45, 2.75) is 5.41 Å². The molecule has 10 aromatic rings. The highest BCUT2D eigenvalue weighted by Crippen LogP contribution is 2.56. The Bertz CT molecular complexity index is 3050. The van der Waals surface area contributed by atoms with Gasteiger partial charge in [0.25, 0.3) is 0 Å². The van der Waals surface area contributed by atoms with Gasteiger partial charge in [-0.05, 0) is 91.0 Å². The molecule has 0 N–H and O–H groups in total. The summed E-state index contributed by atoms with van der Waals surface area (Å²) in [6.45, 7) is 0. The van der Waals surface area contributed by atoms with E-state index in [1.165, 1.54) is 33.4 Å². The average molecular weight is 778 g/mol. The summed E-state index contributed by atoms with van der Waals surface area (Å²) in [5.41, 5.74) is 16.3. The minimum atomic E-state index is -0.551. The summed E-state index contributed by atoms with van der Waals surface area (Å²) in [6.07, 6.45) is 0. The fourth-order valence-electron chi connectivity index (χ4n) is 9.14. The van der Waals surface area contributed by atoms with Crippen LogP contribution in [-0.2, 0) is 5.41 Å². The molecule has 0 bridgehead atoms. The lowest BCUT2D eigenvalue weighted by atomic mass is 9.67. The van der Waals surface area contributed by atoms with Gasteiger partial charge in [0.2, 0.25) is 0 Å². The second-order valence-electron chi connectivity index (χ2n) is 15.6. The third-order valence-electron chi connectivity index (χ3n) is 12.0. The van der Waals surface area contributed by atoms with Crippen molar-refractivity contribution < 1.29 is 0 Å². The summed E-state index contributed by atoms with van der Waals surface area (Å²) in [5, 5.41) is 0. The van der Waals surface area contributed by atoms with E-state index in [-0.39, 0.29) is 0 Å². The molecule has 3 heteroatoms. The van der Waals surface area contributed by atoms with Crippen LogP contribution >= 0.6 is 0 Å². The van der Waals surface area contributed by atoms with Gasteiger partial charge in [0, 0.05) is 16.7 Å². The van der Waals surface area contributed by atoms with Gasteiger partial charge in [-0.15, -0.1) is 0 Å². The van der Waals surface area contributed by atoms with E-state index in [9.17, 15) is 0 Å². The van der Waals surface area contributed by atoms with Crippen molar-refractivity contribution in [3.05, 3.63) is 259 Å². The molecule has 0 saturated carbocycles. The van der Waals surface area contributed by atoms with Crippen LogP contribution < -0.4 is 0 Å². The Morgan fingerprint density at radius 3 is 1.13 bits per heavy atom. The highest BCUT2D eigenvalue weighted by molar-refractivity contribution is 5.88. The Labute approximate surface area is 356 Å². The van der Waals surface area contributed by atoms with Gasteiger partial charge in [0.15, 0.2) is 17.5 Å². The van der Waals surface area contributed by atoms with Gasteiger partial charge in [-0.1, -0.05) is 212 Å². The first-order valence-corrected chi connectivity index (χ1v) is 20.8. The van der Waals surface area contributed by atoms with Gasteiger partial charge in [-0.3, -0.25) is 0 Å². The maximum atomic E-state index is 5.38. The predicted octanol–water partition coefficient (Wildman–Crippen LogP) is 14.2. The standard InChI is InChI=1S/C58H39N3/c1-6-18-40(19-7-1)43-30-32-44(33-31-43)55-59-56(61-57(60-55)48-37-46(41-20-8-2-9-21-41)36-47(38-48)42-22-10-3-11-23-42)45-34-35-52-51-28-16-17-29-53(51)58(54(52)39-45,49-24-12-4-13-25-49)50-26-14-5-15-27-50/h1-39H. The molecule has 1 aliphatic carbocycles. The second-order valence-corrected chi connectivity index (χ2v) is 15.6. The summed E-state index contributed by atoms with van der Waals surface area (Å²) in [7, 11) is 0. The lowest BCUT2D eigenvalue weighted by Crippen LogP contribution is -2.28. The summed E-state index contributed by atoms with van der Waals surface area (Å²) in [6, 6.07) is 84.1. The predicted molar refractivity (Wildman–Crippen MR) is 250 cm³/mol. The van der Waals surface area contributed by atoms with Crippen LogP contribution in [0.3, 0.4) is 0 Å². The Kier molecular flexibility index (Phi) is 9.05. The van der Waals surface area contributed by atoms with Gasteiger partial charge in [0.1, 0.15) is 0 Å². The Hall–Kier alpha value is -8.01. The zero-order valence-corrected chi connectivity index (χ0v) is 33.4. The zero-order chi connectivity index (χ0) is 40.6. The van der Waals surface area contributed by atoms with Crippen molar-refractivity contribution in [2.24, 2.45) is 0 Å². The molecule has 3 nitrogen and oxygen atoms in total. The number of fused-ring (bicyclic) bond motifs is 3. The van der Waals surface area contributed by atoms with Crippen LogP contribution in [0.1, 0.15) is 22.3 Å². The summed E-state index contributed by atoms with van der Waals surface area (Å²) in [4.78, 5) is 16.0. The van der Waals surface area contributed by atoms with Crippen molar-refractivity contribution in [3.8, 4) is 78.7 Å². The fourth-order valence-corrected chi connectivity index (χ4v) is 9.14. The van der Waals surface area contributed by atoms with Gasteiger partial charge < -0.3 is 0 Å². The average Bonchev–Trinajstić information content (AvgIpc) is 3.65. The molecule has 11 rings (SSSR count). The second kappa shape index (κ2) is 15.3. The van der Waals surface area contributed by atoms with Gasteiger partial charge in [-0.25, -0.2) is 15.0 Å². The highest BCUT2D eigenvalue weighted by atomic mass is 15.0. The Morgan fingerprint density at radius 2 is 0.590 bits per heavy atom. The van der Waals surface area contributed by atoms with Crippen LogP contribution in [0.2, 0.25) is 0 Å². The normalized spacial score (nSPS) is 12.4. The lowest BCUT2D eigenvalue weighted by Gasteiger charge is -2.34. The minimum Gasteiger partial charge on any atom is -0.208 e. The summed E-state index contributed by atoms with van der Waals surface area (Å²) >= 11 is 0. The Morgan fingerprint density at radius 1 is 0.230 bits per heavy atom. The third kappa shape index (κ3) is 6.44. The fraction of sp³-hybridized carbons (Fsp3) is 0.0172. The molecule has 0 spiro atoms. The number of nitrogens with zero attached hydrogens (tertiary/aromatic N) is 3. The van der Waals surface area contributed by atoms with Crippen molar-refractivity contribution in [1.82, 2.24) is 15.0 Å². The molecule has 61 heavy (non-hydrogen) atoms. The lowest BCUT2D eigenvalue weighted by molar-refractivity contribution is 0.768. The molecule has 0 amide bonds. The van der Waals surface area contributed by atoms with Crippen LogP contribution in [-0.4, -0.2) is 15.0 Å². The van der Waals surface area contributed by atoms with Crippen molar-refractivity contribution in [1.29, 1.82) is 0 Å². The van der Waals surface area contributed by atoms with Crippen LogP contribution in [0.4, 0.5) is 0 Å². The summed E-state index contributed by atoms with van der Waals surface area (Å²) < 4.78 is 0. The maximum absolute atomic E-state index is 5.38. The Balaban J connectivity index is 1.14. The molecule has 0 unspecified atom stereocenters. The molecule has 0 radical (unpaired) electrons. The number of benzene rings is 9. The SMILES string of the molecule is c1ccc(-c2ccc(-c3nc(-c4cc(-c5ccccc5)cc(-c5ccccc5)c4)nc(-c4ccc5c(c4)C(c4ccccc4)(c4ccccc4)c4ccccc4-5)n3)cc2)cc1. The molecule has 0 saturated heterocycles. The van der Waals surface area contributed by atoms with E-state index < -0.39 is 5.41 Å². The van der Waals surface area contributed by atoms with Crippen LogP contribution in [0.25, 0.3) is 78.7 Å². The number of hydrogen-bond acceptors (Lipinski definition) is 3.